The molecular weight excluding hydrogens is 324 g/mol. The van der Waals surface area contributed by atoms with Crippen molar-refractivity contribution in [2.45, 2.75) is 12.8 Å². The summed E-state index contributed by atoms with van der Waals surface area (Å²) in [4.78, 5) is 18.8. The molecule has 1 aromatic heterocycles. The predicted octanol–water partition coefficient (Wildman–Crippen LogP) is 3.89. The van der Waals surface area contributed by atoms with Gasteiger partial charge in [0.15, 0.2) is 0 Å². The summed E-state index contributed by atoms with van der Waals surface area (Å²) in [6.07, 6.45) is 4.86. The molecule has 0 unspecified atom stereocenters. The summed E-state index contributed by atoms with van der Waals surface area (Å²) in [5, 5.41) is 0. The van der Waals surface area contributed by atoms with Crippen molar-refractivity contribution in [3.05, 3.63) is 78.1 Å². The number of hydrogen-bond acceptors (Lipinski definition) is 3. The topological polar surface area (TPSA) is 42.4 Å². The average Bonchev–Trinajstić information content (AvgIpc) is 3.12. The molecule has 4 heteroatoms. The number of aromatic nitrogens is 1. The first-order chi connectivity index (χ1) is 12.7. The molecule has 0 spiro atoms. The van der Waals surface area contributed by atoms with E-state index in [0.717, 1.165) is 41.1 Å². The van der Waals surface area contributed by atoms with Crippen LogP contribution < -0.4 is 9.64 Å². The third-order valence-corrected chi connectivity index (χ3v) is 4.78. The fraction of sp³-hybridized carbons (Fsp3) is 0.182. The van der Waals surface area contributed by atoms with Gasteiger partial charge in [0, 0.05) is 24.6 Å². The molecule has 0 aliphatic carbocycles. The maximum Gasteiger partial charge on any atom is 0.231 e. The first-order valence-electron chi connectivity index (χ1n) is 8.71. The van der Waals surface area contributed by atoms with Gasteiger partial charge in [0.25, 0.3) is 0 Å². The van der Waals surface area contributed by atoms with Crippen LogP contribution in [0.1, 0.15) is 11.1 Å². The third kappa shape index (κ3) is 3.18. The summed E-state index contributed by atoms with van der Waals surface area (Å²) < 4.78 is 5.24. The van der Waals surface area contributed by atoms with E-state index < -0.39 is 0 Å². The predicted molar refractivity (Wildman–Crippen MR) is 102 cm³/mol. The number of pyridine rings is 1. The normalized spacial score (nSPS) is 12.7. The average molecular weight is 344 g/mol. The van der Waals surface area contributed by atoms with Crippen molar-refractivity contribution in [3.63, 3.8) is 0 Å². The second-order valence-electron chi connectivity index (χ2n) is 6.40. The van der Waals surface area contributed by atoms with Crippen molar-refractivity contribution in [1.29, 1.82) is 0 Å². The van der Waals surface area contributed by atoms with Crippen LogP contribution >= 0.6 is 0 Å². The Hall–Kier alpha value is -3.14. The molecule has 1 amide bonds. The Morgan fingerprint density at radius 2 is 1.92 bits per heavy atom. The number of ether oxygens (including phenoxy) is 1. The standard InChI is InChI=1S/C22H20N2O2/c1-26-20-4-2-3-16(13-20)14-22(25)24-12-9-19-15-18(5-6-21(19)24)17-7-10-23-11-8-17/h2-8,10-11,13,15H,9,12,14H2,1H3. The molecule has 0 saturated heterocycles. The number of carbonyl (C=O) groups is 1. The molecule has 130 valence electrons. The monoisotopic (exact) mass is 344 g/mol. The third-order valence-electron chi connectivity index (χ3n) is 4.78. The zero-order valence-electron chi connectivity index (χ0n) is 14.7. The lowest BCUT2D eigenvalue weighted by atomic mass is 10.0. The van der Waals surface area contributed by atoms with Crippen LogP contribution in [0.15, 0.2) is 67.0 Å². The van der Waals surface area contributed by atoms with Crippen molar-refractivity contribution in [1.82, 2.24) is 4.98 Å². The zero-order valence-corrected chi connectivity index (χ0v) is 14.7. The second-order valence-corrected chi connectivity index (χ2v) is 6.40. The van der Waals surface area contributed by atoms with Crippen LogP contribution in [-0.2, 0) is 17.6 Å². The minimum atomic E-state index is 0.119. The van der Waals surface area contributed by atoms with Crippen LogP contribution in [0.3, 0.4) is 0 Å². The minimum absolute atomic E-state index is 0.119. The second kappa shape index (κ2) is 7.00. The van der Waals surface area contributed by atoms with E-state index in [4.69, 9.17) is 4.74 Å². The van der Waals surface area contributed by atoms with Gasteiger partial charge in [-0.15, -0.1) is 0 Å². The van der Waals surface area contributed by atoms with Crippen LogP contribution in [0, 0.1) is 0 Å². The van der Waals surface area contributed by atoms with E-state index in [2.05, 4.69) is 23.2 Å². The van der Waals surface area contributed by atoms with Gasteiger partial charge < -0.3 is 9.64 Å². The van der Waals surface area contributed by atoms with Gasteiger partial charge in [-0.1, -0.05) is 18.2 Å². The van der Waals surface area contributed by atoms with Crippen LogP contribution in [0.4, 0.5) is 5.69 Å². The van der Waals surface area contributed by atoms with Crippen molar-refractivity contribution >= 4 is 11.6 Å². The van der Waals surface area contributed by atoms with E-state index in [1.165, 1.54) is 5.56 Å². The molecule has 4 nitrogen and oxygen atoms in total. The first-order valence-corrected chi connectivity index (χ1v) is 8.71. The molecule has 0 saturated carbocycles. The van der Waals surface area contributed by atoms with Gasteiger partial charge in [0.05, 0.1) is 13.5 Å². The zero-order chi connectivity index (χ0) is 17.9. The lowest BCUT2D eigenvalue weighted by molar-refractivity contribution is -0.117. The number of anilines is 1. The lowest BCUT2D eigenvalue weighted by Crippen LogP contribution is -2.30. The van der Waals surface area contributed by atoms with Crippen LogP contribution in [-0.4, -0.2) is 24.5 Å². The Labute approximate surface area is 153 Å². The van der Waals surface area contributed by atoms with Gasteiger partial charge >= 0.3 is 0 Å². The number of methoxy groups -OCH3 is 1. The molecule has 2 heterocycles. The molecular formula is C22H20N2O2. The molecule has 1 aliphatic rings. The number of amides is 1. The summed E-state index contributed by atoms with van der Waals surface area (Å²) >= 11 is 0. The summed E-state index contributed by atoms with van der Waals surface area (Å²) in [7, 11) is 1.64. The molecule has 0 fully saturated rings. The quantitative estimate of drug-likeness (QED) is 0.721. The number of nitrogens with zero attached hydrogens (tertiary/aromatic N) is 2. The Kier molecular flexibility index (Phi) is 4.40. The fourth-order valence-corrected chi connectivity index (χ4v) is 3.44. The maximum absolute atomic E-state index is 12.8. The molecule has 0 radical (unpaired) electrons. The molecule has 3 aromatic rings. The van der Waals surface area contributed by atoms with Gasteiger partial charge in [0.1, 0.15) is 5.75 Å². The number of carbonyl (C=O) groups excluding carboxylic acids is 1. The fourth-order valence-electron chi connectivity index (χ4n) is 3.44. The maximum atomic E-state index is 12.8. The van der Waals surface area contributed by atoms with E-state index in [-0.39, 0.29) is 5.91 Å². The molecule has 2 aromatic carbocycles. The van der Waals surface area contributed by atoms with Crippen molar-refractivity contribution in [2.75, 3.05) is 18.6 Å². The molecule has 0 atom stereocenters. The summed E-state index contributed by atoms with van der Waals surface area (Å²) in [5.74, 6) is 0.896. The number of rotatable bonds is 4. The van der Waals surface area contributed by atoms with E-state index >= 15 is 0 Å². The summed E-state index contributed by atoms with van der Waals surface area (Å²) in [6.45, 7) is 0.734. The van der Waals surface area contributed by atoms with Crippen LogP contribution in [0.2, 0.25) is 0 Å². The largest absolute Gasteiger partial charge is 0.497 e. The van der Waals surface area contributed by atoms with Gasteiger partial charge in [-0.2, -0.15) is 0 Å². The number of benzene rings is 2. The van der Waals surface area contributed by atoms with E-state index in [9.17, 15) is 4.79 Å². The Morgan fingerprint density at radius 3 is 2.73 bits per heavy atom. The highest BCUT2D eigenvalue weighted by atomic mass is 16.5. The van der Waals surface area contributed by atoms with E-state index in [1.807, 2.05) is 41.3 Å². The Balaban J connectivity index is 1.55. The molecule has 0 bridgehead atoms. The Bertz CT molecular complexity index is 938. The van der Waals surface area contributed by atoms with Crippen molar-refractivity contribution in [3.8, 4) is 16.9 Å². The first kappa shape index (κ1) is 16.3. The summed E-state index contributed by atoms with van der Waals surface area (Å²) in [6, 6.07) is 18.0. The van der Waals surface area contributed by atoms with Gasteiger partial charge in [-0.25, -0.2) is 0 Å². The van der Waals surface area contributed by atoms with E-state index in [0.29, 0.717) is 6.42 Å². The SMILES string of the molecule is COc1cccc(CC(=O)N2CCc3cc(-c4ccncc4)ccc32)c1. The number of hydrogen-bond donors (Lipinski definition) is 0. The highest BCUT2D eigenvalue weighted by Gasteiger charge is 2.25. The van der Waals surface area contributed by atoms with Gasteiger partial charge in [-0.05, 0) is 65.1 Å². The lowest BCUT2D eigenvalue weighted by Gasteiger charge is -2.18. The minimum Gasteiger partial charge on any atom is -0.497 e. The smallest absolute Gasteiger partial charge is 0.231 e. The van der Waals surface area contributed by atoms with Gasteiger partial charge in [-0.3, -0.25) is 9.78 Å². The molecule has 4 rings (SSSR count). The summed E-state index contributed by atoms with van der Waals surface area (Å²) in [5.41, 5.74) is 5.52. The van der Waals surface area contributed by atoms with Crippen LogP contribution in [0.5, 0.6) is 5.75 Å². The Morgan fingerprint density at radius 1 is 1.08 bits per heavy atom. The molecule has 26 heavy (non-hydrogen) atoms. The van der Waals surface area contributed by atoms with Crippen molar-refractivity contribution in [2.24, 2.45) is 0 Å². The molecule has 1 aliphatic heterocycles. The highest BCUT2D eigenvalue weighted by molar-refractivity contribution is 5.97. The van der Waals surface area contributed by atoms with Crippen molar-refractivity contribution < 1.29 is 9.53 Å². The van der Waals surface area contributed by atoms with E-state index in [1.54, 1.807) is 19.5 Å². The highest BCUT2D eigenvalue weighted by Crippen LogP contribution is 2.32. The molecule has 0 N–H and O–H groups in total. The van der Waals surface area contributed by atoms with Gasteiger partial charge in [0.2, 0.25) is 5.91 Å². The van der Waals surface area contributed by atoms with Crippen LogP contribution in [0.25, 0.3) is 11.1 Å². The number of fused-ring (bicyclic) bond motifs is 1.